The number of methoxy groups -OCH3 is 1. The molecule has 0 saturated heterocycles. The van der Waals surface area contributed by atoms with E-state index >= 15 is 0 Å². The predicted octanol–water partition coefficient (Wildman–Crippen LogP) is 6.13. The second kappa shape index (κ2) is 10.7. The van der Waals surface area contributed by atoms with E-state index in [-0.39, 0.29) is 11.9 Å². The number of fused-ring (bicyclic) bond motifs is 1. The molecular weight excluding hydrogens is 460 g/mol. The van der Waals surface area contributed by atoms with Gasteiger partial charge in [-0.15, -0.1) is 0 Å². The fourth-order valence-electron chi connectivity index (χ4n) is 4.63. The number of amides is 1. The number of carbonyl (C=O) groups is 1. The molecule has 1 amide bonds. The van der Waals surface area contributed by atoms with Gasteiger partial charge in [0.1, 0.15) is 11.4 Å². The Labute approximate surface area is 217 Å². The summed E-state index contributed by atoms with van der Waals surface area (Å²) in [4.78, 5) is 18.3. The third kappa shape index (κ3) is 5.09. The van der Waals surface area contributed by atoms with E-state index in [2.05, 4.69) is 17.4 Å². The molecule has 0 aliphatic carbocycles. The molecule has 0 aliphatic heterocycles. The van der Waals surface area contributed by atoms with Crippen molar-refractivity contribution in [1.29, 1.82) is 0 Å². The molecule has 1 atom stereocenters. The number of aryl methyl sites for hydroxylation is 2. The van der Waals surface area contributed by atoms with Gasteiger partial charge in [0.05, 0.1) is 18.5 Å². The van der Waals surface area contributed by atoms with Crippen LogP contribution in [-0.2, 0) is 6.42 Å². The molecule has 0 fully saturated rings. The topological polar surface area (TPSA) is 68.5 Å². The first kappa shape index (κ1) is 24.3. The van der Waals surface area contributed by atoms with Crippen LogP contribution >= 0.6 is 0 Å². The third-order valence-corrected chi connectivity index (χ3v) is 6.53. The highest BCUT2D eigenvalue weighted by Gasteiger charge is 2.22. The lowest BCUT2D eigenvalue weighted by molar-refractivity contribution is 0.0933. The summed E-state index contributed by atoms with van der Waals surface area (Å²) in [6.07, 6.45) is 1.72. The summed E-state index contributed by atoms with van der Waals surface area (Å²) >= 11 is 0. The van der Waals surface area contributed by atoms with Crippen molar-refractivity contribution in [2.75, 3.05) is 7.11 Å². The number of rotatable bonds is 8. The Kier molecular flexibility index (Phi) is 6.99. The van der Waals surface area contributed by atoms with Crippen LogP contribution in [0.4, 0.5) is 0 Å². The first-order chi connectivity index (χ1) is 18.0. The second-order valence-electron chi connectivity index (χ2n) is 9.19. The lowest BCUT2D eigenvalue weighted by atomic mass is 10.1. The normalized spacial score (nSPS) is 11.9. The van der Waals surface area contributed by atoms with Crippen molar-refractivity contribution in [2.24, 2.45) is 0 Å². The molecule has 2 aromatic heterocycles. The van der Waals surface area contributed by atoms with Crippen LogP contribution in [0.2, 0.25) is 0 Å². The second-order valence-corrected chi connectivity index (χ2v) is 9.19. The van der Waals surface area contributed by atoms with E-state index in [0.717, 1.165) is 40.9 Å². The highest BCUT2D eigenvalue weighted by molar-refractivity contribution is 5.95. The van der Waals surface area contributed by atoms with Gasteiger partial charge >= 0.3 is 0 Å². The standard InChI is InChI=1S/C31H30N4O2/c1-21(18-19-23-12-6-4-7-13-23)32-31(36)26-20-27(25-16-10-11-17-28(25)37-3)35-30(33-26)29(22(2)34-35)24-14-8-5-9-15-24/h4-17,20-21H,18-19H2,1-3H3,(H,32,36). The van der Waals surface area contributed by atoms with Crippen molar-refractivity contribution in [3.05, 3.63) is 108 Å². The molecule has 0 spiro atoms. The number of hydrogen-bond donors (Lipinski definition) is 1. The van der Waals surface area contributed by atoms with Gasteiger partial charge in [-0.25, -0.2) is 9.50 Å². The summed E-state index contributed by atoms with van der Waals surface area (Å²) in [7, 11) is 1.64. The molecule has 2 heterocycles. The average molecular weight is 491 g/mol. The van der Waals surface area contributed by atoms with Crippen LogP contribution in [0.3, 0.4) is 0 Å². The van der Waals surface area contributed by atoms with E-state index < -0.39 is 0 Å². The largest absolute Gasteiger partial charge is 0.496 e. The lowest BCUT2D eigenvalue weighted by Gasteiger charge is -2.15. The van der Waals surface area contributed by atoms with Gasteiger partial charge in [0.2, 0.25) is 0 Å². The number of benzene rings is 3. The monoisotopic (exact) mass is 490 g/mol. The van der Waals surface area contributed by atoms with Gasteiger partial charge in [0, 0.05) is 17.2 Å². The molecule has 1 unspecified atom stereocenters. The highest BCUT2D eigenvalue weighted by atomic mass is 16.5. The predicted molar refractivity (Wildman–Crippen MR) is 147 cm³/mol. The number of ether oxygens (including phenoxy) is 1. The summed E-state index contributed by atoms with van der Waals surface area (Å²) in [5, 5.41) is 7.97. The molecule has 1 N–H and O–H groups in total. The van der Waals surface area contributed by atoms with Crippen LogP contribution < -0.4 is 10.1 Å². The van der Waals surface area contributed by atoms with Crippen molar-refractivity contribution in [3.63, 3.8) is 0 Å². The Morgan fingerprint density at radius 2 is 1.65 bits per heavy atom. The van der Waals surface area contributed by atoms with Crippen LogP contribution in [0, 0.1) is 6.92 Å². The molecule has 6 heteroatoms. The zero-order valence-corrected chi connectivity index (χ0v) is 21.3. The van der Waals surface area contributed by atoms with Gasteiger partial charge in [-0.3, -0.25) is 4.79 Å². The van der Waals surface area contributed by atoms with E-state index in [1.54, 1.807) is 13.2 Å². The summed E-state index contributed by atoms with van der Waals surface area (Å²) in [5.41, 5.74) is 6.56. The number of aromatic nitrogens is 3. The molecule has 37 heavy (non-hydrogen) atoms. The van der Waals surface area contributed by atoms with Crippen LogP contribution in [0.15, 0.2) is 91.0 Å². The minimum Gasteiger partial charge on any atom is -0.496 e. The van der Waals surface area contributed by atoms with Crippen molar-refractivity contribution < 1.29 is 9.53 Å². The van der Waals surface area contributed by atoms with Crippen LogP contribution in [0.1, 0.15) is 35.1 Å². The minimum atomic E-state index is -0.211. The minimum absolute atomic E-state index is 0.0133. The molecular formula is C31H30N4O2. The molecule has 0 aliphatic rings. The number of carbonyl (C=O) groups excluding carboxylic acids is 1. The van der Waals surface area contributed by atoms with Gasteiger partial charge in [0.15, 0.2) is 5.65 Å². The van der Waals surface area contributed by atoms with Crippen molar-refractivity contribution >= 4 is 11.6 Å². The Balaban J connectivity index is 1.56. The van der Waals surface area contributed by atoms with Crippen LogP contribution in [0.5, 0.6) is 5.75 Å². The van der Waals surface area contributed by atoms with Crippen molar-refractivity contribution in [3.8, 4) is 28.1 Å². The maximum absolute atomic E-state index is 13.5. The van der Waals surface area contributed by atoms with Gasteiger partial charge < -0.3 is 10.1 Å². The molecule has 6 nitrogen and oxygen atoms in total. The van der Waals surface area contributed by atoms with E-state index in [9.17, 15) is 4.79 Å². The number of nitrogens with zero attached hydrogens (tertiary/aromatic N) is 3. The molecule has 0 radical (unpaired) electrons. The van der Waals surface area contributed by atoms with Gasteiger partial charge in [-0.05, 0) is 56.0 Å². The number of para-hydroxylation sites is 1. The van der Waals surface area contributed by atoms with E-state index in [1.165, 1.54) is 5.56 Å². The third-order valence-electron chi connectivity index (χ3n) is 6.53. The van der Waals surface area contributed by atoms with Crippen molar-refractivity contribution in [2.45, 2.75) is 32.7 Å². The first-order valence-corrected chi connectivity index (χ1v) is 12.5. The molecule has 0 bridgehead atoms. The number of nitrogens with one attached hydrogen (secondary N) is 1. The summed E-state index contributed by atoms with van der Waals surface area (Å²) in [5.74, 6) is 0.490. The maximum Gasteiger partial charge on any atom is 0.270 e. The molecule has 186 valence electrons. The number of hydrogen-bond acceptors (Lipinski definition) is 4. The lowest BCUT2D eigenvalue weighted by Crippen LogP contribution is -2.33. The Morgan fingerprint density at radius 1 is 0.973 bits per heavy atom. The van der Waals surface area contributed by atoms with Gasteiger partial charge in [-0.1, -0.05) is 72.8 Å². The highest BCUT2D eigenvalue weighted by Crippen LogP contribution is 2.34. The molecule has 5 rings (SSSR count). The zero-order chi connectivity index (χ0) is 25.8. The fourth-order valence-corrected chi connectivity index (χ4v) is 4.63. The molecule has 0 saturated carbocycles. The summed E-state index contributed by atoms with van der Waals surface area (Å²) in [6, 6.07) is 29.9. The Morgan fingerprint density at radius 3 is 2.38 bits per heavy atom. The quantitative estimate of drug-likeness (QED) is 0.284. The average Bonchev–Trinajstić information content (AvgIpc) is 3.28. The molecule has 5 aromatic rings. The Bertz CT molecular complexity index is 1530. The van der Waals surface area contributed by atoms with Crippen LogP contribution in [-0.4, -0.2) is 33.7 Å². The van der Waals surface area contributed by atoms with Crippen LogP contribution in [0.25, 0.3) is 28.0 Å². The smallest absolute Gasteiger partial charge is 0.270 e. The van der Waals surface area contributed by atoms with Crippen molar-refractivity contribution in [1.82, 2.24) is 19.9 Å². The van der Waals surface area contributed by atoms with Gasteiger partial charge in [0.25, 0.3) is 5.91 Å². The van der Waals surface area contributed by atoms with E-state index in [4.69, 9.17) is 14.8 Å². The maximum atomic E-state index is 13.5. The first-order valence-electron chi connectivity index (χ1n) is 12.5. The summed E-state index contributed by atoms with van der Waals surface area (Å²) in [6.45, 7) is 3.99. The van der Waals surface area contributed by atoms with Gasteiger partial charge in [-0.2, -0.15) is 5.10 Å². The van der Waals surface area contributed by atoms with E-state index in [1.807, 2.05) is 91.2 Å². The Hall–Kier alpha value is -4.45. The molecule has 3 aromatic carbocycles. The van der Waals surface area contributed by atoms with E-state index in [0.29, 0.717) is 17.1 Å². The SMILES string of the molecule is COc1ccccc1-c1cc(C(=O)NC(C)CCc2ccccc2)nc2c(-c3ccccc3)c(C)nn12. The summed E-state index contributed by atoms with van der Waals surface area (Å²) < 4.78 is 7.46. The zero-order valence-electron chi connectivity index (χ0n) is 21.3. The fraction of sp³-hybridized carbons (Fsp3) is 0.194.